The van der Waals surface area contributed by atoms with Gasteiger partial charge in [0.1, 0.15) is 5.75 Å². The molecule has 0 fully saturated rings. The van der Waals surface area contributed by atoms with E-state index >= 15 is 0 Å². The fraction of sp³-hybridized carbons (Fsp3) is 0.0714. The van der Waals surface area contributed by atoms with Gasteiger partial charge >= 0.3 is 6.61 Å². The number of hydrogen-bond acceptors (Lipinski definition) is 4. The lowest BCUT2D eigenvalue weighted by Gasteiger charge is -2.08. The summed E-state index contributed by atoms with van der Waals surface area (Å²) >= 11 is 0. The van der Waals surface area contributed by atoms with Gasteiger partial charge in [-0.25, -0.2) is 0 Å². The van der Waals surface area contributed by atoms with Crippen LogP contribution in [0.2, 0.25) is 0 Å². The van der Waals surface area contributed by atoms with Crippen molar-refractivity contribution in [2.24, 2.45) is 0 Å². The smallest absolute Gasteiger partial charge is 0.387 e. The molecule has 0 bridgehead atoms. The molecule has 2 aromatic carbocycles. The number of alkyl halides is 2. The van der Waals surface area contributed by atoms with E-state index in [-0.39, 0.29) is 17.1 Å². The fourth-order valence-electron chi connectivity index (χ4n) is 1.59. The van der Waals surface area contributed by atoms with Crippen molar-refractivity contribution in [2.45, 2.75) is 6.61 Å². The lowest BCUT2D eigenvalue weighted by Crippen LogP contribution is -2.11. The van der Waals surface area contributed by atoms with Crippen molar-refractivity contribution in [3.63, 3.8) is 0 Å². The summed E-state index contributed by atoms with van der Waals surface area (Å²) in [5.41, 5.74) is 0.507. The number of nitrogens with one attached hydrogen (secondary N) is 1. The standard InChI is InChI=1S/C14H11F2NO4/c15-14(16)21-10-4-2-9(3-5-10)17-13(20)8-1-6-11(18)12(19)7-8/h1-7,14,18-19H,(H,17,20). The van der Waals surface area contributed by atoms with Gasteiger partial charge in [-0.2, -0.15) is 8.78 Å². The summed E-state index contributed by atoms with van der Waals surface area (Å²) in [6.07, 6.45) is 0. The summed E-state index contributed by atoms with van der Waals surface area (Å²) in [6, 6.07) is 9.00. The summed E-state index contributed by atoms with van der Waals surface area (Å²) in [7, 11) is 0. The van der Waals surface area contributed by atoms with Crippen LogP contribution in [0.1, 0.15) is 10.4 Å². The lowest BCUT2D eigenvalue weighted by atomic mass is 10.2. The van der Waals surface area contributed by atoms with Crippen LogP contribution in [0.25, 0.3) is 0 Å². The number of amides is 1. The van der Waals surface area contributed by atoms with Crippen LogP contribution < -0.4 is 10.1 Å². The number of phenols is 2. The van der Waals surface area contributed by atoms with Gasteiger partial charge in [0, 0.05) is 11.3 Å². The topological polar surface area (TPSA) is 78.8 Å². The number of hydrogen-bond donors (Lipinski definition) is 3. The highest BCUT2D eigenvalue weighted by Crippen LogP contribution is 2.25. The summed E-state index contributed by atoms with van der Waals surface area (Å²) in [5.74, 6) is -1.29. The number of anilines is 1. The summed E-state index contributed by atoms with van der Waals surface area (Å²) in [6.45, 7) is -2.91. The summed E-state index contributed by atoms with van der Waals surface area (Å²) in [5, 5.41) is 21.0. The molecule has 21 heavy (non-hydrogen) atoms. The molecule has 0 aliphatic rings. The lowest BCUT2D eigenvalue weighted by molar-refractivity contribution is -0.0498. The van der Waals surface area contributed by atoms with Crippen LogP contribution in [0.15, 0.2) is 42.5 Å². The minimum atomic E-state index is -2.91. The van der Waals surface area contributed by atoms with Crippen molar-refractivity contribution in [1.82, 2.24) is 0 Å². The third-order valence-electron chi connectivity index (χ3n) is 2.57. The molecule has 0 spiro atoms. The first kappa shape index (κ1) is 14.6. The van der Waals surface area contributed by atoms with Gasteiger partial charge in [0.25, 0.3) is 5.91 Å². The Bertz CT molecular complexity index is 644. The highest BCUT2D eigenvalue weighted by Gasteiger charge is 2.10. The van der Waals surface area contributed by atoms with Crippen LogP contribution in [-0.2, 0) is 0 Å². The minimum Gasteiger partial charge on any atom is -0.504 e. The second-order valence-electron chi connectivity index (χ2n) is 4.06. The molecule has 2 aromatic rings. The van der Waals surface area contributed by atoms with E-state index in [9.17, 15) is 18.7 Å². The zero-order valence-electron chi connectivity index (χ0n) is 10.6. The van der Waals surface area contributed by atoms with Crippen LogP contribution >= 0.6 is 0 Å². The molecule has 0 atom stereocenters. The highest BCUT2D eigenvalue weighted by molar-refractivity contribution is 6.04. The maximum atomic E-state index is 12.0. The maximum absolute atomic E-state index is 12.0. The molecule has 3 N–H and O–H groups in total. The van der Waals surface area contributed by atoms with Crippen LogP contribution in [0.4, 0.5) is 14.5 Å². The van der Waals surface area contributed by atoms with Gasteiger partial charge in [0.2, 0.25) is 0 Å². The molecule has 110 valence electrons. The molecular weight excluding hydrogens is 284 g/mol. The van der Waals surface area contributed by atoms with E-state index in [1.54, 1.807) is 0 Å². The predicted molar refractivity (Wildman–Crippen MR) is 70.8 cm³/mol. The van der Waals surface area contributed by atoms with Crippen molar-refractivity contribution in [3.05, 3.63) is 48.0 Å². The third kappa shape index (κ3) is 3.82. The molecule has 0 saturated carbocycles. The molecule has 7 heteroatoms. The summed E-state index contributed by atoms with van der Waals surface area (Å²) < 4.78 is 28.2. The zero-order chi connectivity index (χ0) is 15.4. The van der Waals surface area contributed by atoms with Crippen LogP contribution in [0.5, 0.6) is 17.2 Å². The Kier molecular flexibility index (Phi) is 4.22. The van der Waals surface area contributed by atoms with E-state index < -0.39 is 18.3 Å². The number of phenolic OH excluding ortho intramolecular Hbond substituents is 2. The van der Waals surface area contributed by atoms with E-state index in [2.05, 4.69) is 10.1 Å². The zero-order valence-corrected chi connectivity index (χ0v) is 10.6. The van der Waals surface area contributed by atoms with E-state index in [0.29, 0.717) is 5.69 Å². The second-order valence-corrected chi connectivity index (χ2v) is 4.06. The monoisotopic (exact) mass is 295 g/mol. The first-order valence-corrected chi connectivity index (χ1v) is 5.84. The Morgan fingerprint density at radius 1 is 1.05 bits per heavy atom. The molecule has 5 nitrogen and oxygen atoms in total. The van der Waals surface area contributed by atoms with Gasteiger partial charge in [0.05, 0.1) is 0 Å². The molecule has 1 amide bonds. The van der Waals surface area contributed by atoms with Crippen molar-refractivity contribution >= 4 is 11.6 Å². The first-order valence-electron chi connectivity index (χ1n) is 5.84. The van der Waals surface area contributed by atoms with Gasteiger partial charge in [-0.15, -0.1) is 0 Å². The van der Waals surface area contributed by atoms with Gasteiger partial charge in [0.15, 0.2) is 11.5 Å². The van der Waals surface area contributed by atoms with E-state index in [1.807, 2.05) is 0 Å². The Morgan fingerprint density at radius 3 is 2.29 bits per heavy atom. The second kappa shape index (κ2) is 6.08. The maximum Gasteiger partial charge on any atom is 0.387 e. The Labute approximate surface area is 118 Å². The van der Waals surface area contributed by atoms with Crippen LogP contribution in [0, 0.1) is 0 Å². The molecule has 0 heterocycles. The SMILES string of the molecule is O=C(Nc1ccc(OC(F)F)cc1)c1ccc(O)c(O)c1. The van der Waals surface area contributed by atoms with Gasteiger partial charge < -0.3 is 20.3 Å². The molecule has 0 saturated heterocycles. The number of benzene rings is 2. The third-order valence-corrected chi connectivity index (χ3v) is 2.57. The molecule has 0 aliphatic heterocycles. The first-order chi connectivity index (χ1) is 9.95. The van der Waals surface area contributed by atoms with Crippen molar-refractivity contribution in [2.75, 3.05) is 5.32 Å². The van der Waals surface area contributed by atoms with Crippen molar-refractivity contribution in [3.8, 4) is 17.2 Å². The van der Waals surface area contributed by atoms with E-state index in [1.165, 1.54) is 36.4 Å². The minimum absolute atomic E-state index is 0.0229. The van der Waals surface area contributed by atoms with Crippen molar-refractivity contribution < 1.29 is 28.5 Å². The number of ether oxygens (including phenoxy) is 1. The van der Waals surface area contributed by atoms with Crippen LogP contribution in [0.3, 0.4) is 0 Å². The van der Waals surface area contributed by atoms with Crippen molar-refractivity contribution in [1.29, 1.82) is 0 Å². The Balaban J connectivity index is 2.06. The van der Waals surface area contributed by atoms with E-state index in [4.69, 9.17) is 5.11 Å². The molecular formula is C14H11F2NO4. The molecule has 0 unspecified atom stereocenters. The number of halogens is 2. The average Bonchev–Trinajstić information content (AvgIpc) is 2.43. The number of aromatic hydroxyl groups is 2. The van der Waals surface area contributed by atoms with E-state index in [0.717, 1.165) is 6.07 Å². The summed E-state index contributed by atoms with van der Waals surface area (Å²) in [4.78, 5) is 11.9. The number of carbonyl (C=O) groups is 1. The van der Waals surface area contributed by atoms with Crippen LogP contribution in [-0.4, -0.2) is 22.7 Å². The predicted octanol–water partition coefficient (Wildman–Crippen LogP) is 2.95. The van der Waals surface area contributed by atoms with Gasteiger partial charge in [-0.1, -0.05) is 0 Å². The average molecular weight is 295 g/mol. The Morgan fingerprint density at radius 2 is 1.71 bits per heavy atom. The quantitative estimate of drug-likeness (QED) is 0.758. The fourth-order valence-corrected chi connectivity index (χ4v) is 1.59. The Hall–Kier alpha value is -2.83. The highest BCUT2D eigenvalue weighted by atomic mass is 19.3. The number of rotatable bonds is 4. The molecule has 0 aromatic heterocycles. The van der Waals surface area contributed by atoms with Gasteiger partial charge in [-0.3, -0.25) is 4.79 Å². The normalized spacial score (nSPS) is 10.4. The number of carbonyl (C=O) groups excluding carboxylic acids is 1. The largest absolute Gasteiger partial charge is 0.504 e. The molecule has 0 aliphatic carbocycles. The molecule has 0 radical (unpaired) electrons. The van der Waals surface area contributed by atoms with Gasteiger partial charge in [-0.05, 0) is 42.5 Å². The molecule has 2 rings (SSSR count).